The van der Waals surface area contributed by atoms with E-state index in [0.717, 1.165) is 28.1 Å². The molecule has 4 nitrogen and oxygen atoms in total. The summed E-state index contributed by atoms with van der Waals surface area (Å²) in [4.78, 5) is 26.0. The molecule has 6 heteroatoms. The van der Waals surface area contributed by atoms with Crippen LogP contribution in [0.15, 0.2) is 51.7 Å². The summed E-state index contributed by atoms with van der Waals surface area (Å²) < 4.78 is 2.34. The second-order valence-electron chi connectivity index (χ2n) is 7.13. The zero-order chi connectivity index (χ0) is 21.3. The molecule has 1 aromatic heterocycles. The molecule has 1 heterocycles. The smallest absolute Gasteiger partial charge is 0.261 e. The summed E-state index contributed by atoms with van der Waals surface area (Å²) in [6, 6.07) is 13.3. The molecule has 0 aliphatic carbocycles. The van der Waals surface area contributed by atoms with Crippen molar-refractivity contribution in [2.24, 2.45) is 0 Å². The maximum absolute atomic E-state index is 13.1. The first-order valence-corrected chi connectivity index (χ1v) is 10.4. The predicted octanol–water partition coefficient (Wildman–Crippen LogP) is 5.80. The molecule has 0 saturated carbocycles. The summed E-state index contributed by atoms with van der Waals surface area (Å²) in [6.07, 6.45) is 0. The van der Waals surface area contributed by atoms with Crippen molar-refractivity contribution in [3.05, 3.63) is 95.8 Å². The summed E-state index contributed by atoms with van der Waals surface area (Å²) in [5.74, 6) is -0.412. The van der Waals surface area contributed by atoms with Crippen LogP contribution in [0, 0.1) is 27.7 Å². The number of para-hydroxylation sites is 1. The maximum Gasteiger partial charge on any atom is 0.261 e. The number of hydrogen-bond acceptors (Lipinski definition) is 2. The van der Waals surface area contributed by atoms with Crippen molar-refractivity contribution in [2.75, 3.05) is 5.32 Å². The molecular formula is C23H22BrClN2O2. The first kappa shape index (κ1) is 21.3. The Morgan fingerprint density at radius 3 is 2.28 bits per heavy atom. The van der Waals surface area contributed by atoms with Crippen molar-refractivity contribution >= 4 is 39.1 Å². The molecule has 150 valence electrons. The number of carbonyl (C=O) groups excluding carboxylic acids is 1. The summed E-state index contributed by atoms with van der Waals surface area (Å²) in [6.45, 7) is 8.01. The number of aromatic nitrogens is 1. The Bertz CT molecular complexity index is 1150. The van der Waals surface area contributed by atoms with Crippen LogP contribution < -0.4 is 10.7 Å². The summed E-state index contributed by atoms with van der Waals surface area (Å²) in [5.41, 5.74) is 4.80. The normalized spacial score (nSPS) is 10.8. The fourth-order valence-electron chi connectivity index (χ4n) is 3.45. The lowest BCUT2D eigenvalue weighted by atomic mass is 10.1. The molecule has 0 atom stereocenters. The summed E-state index contributed by atoms with van der Waals surface area (Å²) >= 11 is 9.50. The minimum Gasteiger partial charge on any atom is -0.343 e. The van der Waals surface area contributed by atoms with Crippen molar-refractivity contribution in [1.29, 1.82) is 0 Å². The summed E-state index contributed by atoms with van der Waals surface area (Å²) in [5, 5.41) is 3.57. The fourth-order valence-corrected chi connectivity index (χ4v) is 4.08. The van der Waals surface area contributed by atoms with Gasteiger partial charge in [-0.2, -0.15) is 0 Å². The SMILES string of the molecule is Cc1cccc(C)c1NC(=O)c1c(C)n(Cc2cccc(Cl)c2)c(C)c(Br)c1=O. The zero-order valence-electron chi connectivity index (χ0n) is 16.8. The lowest BCUT2D eigenvalue weighted by Crippen LogP contribution is -2.29. The number of halogens is 2. The molecular weight excluding hydrogens is 452 g/mol. The van der Waals surface area contributed by atoms with Crippen LogP contribution in [0.25, 0.3) is 0 Å². The molecule has 3 aromatic rings. The van der Waals surface area contributed by atoms with E-state index in [1.807, 2.05) is 67.8 Å². The van der Waals surface area contributed by atoms with Gasteiger partial charge in [0.05, 0.1) is 4.47 Å². The molecule has 2 aromatic carbocycles. The number of amides is 1. The Morgan fingerprint density at radius 2 is 1.66 bits per heavy atom. The van der Waals surface area contributed by atoms with Crippen molar-refractivity contribution in [3.8, 4) is 0 Å². The third-order valence-corrected chi connectivity index (χ3v) is 6.26. The Kier molecular flexibility index (Phi) is 6.30. The minimum atomic E-state index is -0.412. The molecule has 1 N–H and O–H groups in total. The zero-order valence-corrected chi connectivity index (χ0v) is 19.1. The molecule has 0 bridgehead atoms. The highest BCUT2D eigenvalue weighted by Crippen LogP contribution is 2.23. The van der Waals surface area contributed by atoms with Crippen LogP contribution in [0.3, 0.4) is 0 Å². The van der Waals surface area contributed by atoms with Gasteiger partial charge in [0.2, 0.25) is 5.43 Å². The number of benzene rings is 2. The number of pyridine rings is 1. The van der Waals surface area contributed by atoms with Gasteiger partial charge in [-0.15, -0.1) is 0 Å². The topological polar surface area (TPSA) is 51.1 Å². The van der Waals surface area contributed by atoms with Gasteiger partial charge in [0.25, 0.3) is 5.91 Å². The van der Waals surface area contributed by atoms with Crippen molar-refractivity contribution in [3.63, 3.8) is 0 Å². The number of carbonyl (C=O) groups is 1. The first-order chi connectivity index (χ1) is 13.7. The van der Waals surface area contributed by atoms with Crippen LogP contribution in [-0.4, -0.2) is 10.5 Å². The Balaban J connectivity index is 2.08. The number of rotatable bonds is 4. The Morgan fingerprint density at radius 1 is 1.03 bits per heavy atom. The highest BCUT2D eigenvalue weighted by molar-refractivity contribution is 9.10. The monoisotopic (exact) mass is 472 g/mol. The fraction of sp³-hybridized carbons (Fsp3) is 0.217. The first-order valence-electron chi connectivity index (χ1n) is 9.22. The third kappa shape index (κ3) is 4.31. The minimum absolute atomic E-state index is 0.132. The van der Waals surface area contributed by atoms with Gasteiger partial charge in [0.1, 0.15) is 5.56 Å². The van der Waals surface area contributed by atoms with E-state index in [4.69, 9.17) is 11.6 Å². The van der Waals surface area contributed by atoms with E-state index in [2.05, 4.69) is 21.2 Å². The van der Waals surface area contributed by atoms with Crippen molar-refractivity contribution in [1.82, 2.24) is 4.57 Å². The summed E-state index contributed by atoms with van der Waals surface area (Å²) in [7, 11) is 0. The number of anilines is 1. The molecule has 0 spiro atoms. The van der Waals surface area contributed by atoms with E-state index in [-0.39, 0.29) is 11.0 Å². The maximum atomic E-state index is 13.1. The molecule has 0 unspecified atom stereocenters. The van der Waals surface area contributed by atoms with E-state index in [1.54, 1.807) is 6.92 Å². The molecule has 0 radical (unpaired) electrons. The third-order valence-electron chi connectivity index (χ3n) is 5.09. The van der Waals surface area contributed by atoms with E-state index >= 15 is 0 Å². The molecule has 0 fully saturated rings. The van der Waals surface area contributed by atoms with Gasteiger partial charge in [-0.25, -0.2) is 0 Å². The van der Waals surface area contributed by atoms with E-state index in [0.29, 0.717) is 21.7 Å². The van der Waals surface area contributed by atoms with Crippen LogP contribution in [0.2, 0.25) is 5.02 Å². The lowest BCUT2D eigenvalue weighted by molar-refractivity contribution is 0.102. The highest BCUT2D eigenvalue weighted by atomic mass is 79.9. The Labute approximate surface area is 183 Å². The number of hydrogen-bond donors (Lipinski definition) is 1. The van der Waals surface area contributed by atoms with Crippen LogP contribution in [0.1, 0.15) is 38.4 Å². The Hall–Kier alpha value is -2.37. The molecule has 0 aliphatic heterocycles. The largest absolute Gasteiger partial charge is 0.343 e. The average molecular weight is 474 g/mol. The standard InChI is InChI=1S/C23H22BrClN2O2/c1-13-7-5-8-14(2)21(13)26-23(29)19-15(3)27(16(4)20(24)22(19)28)12-17-9-6-10-18(25)11-17/h5-11H,12H2,1-4H3,(H,26,29). The molecule has 3 rings (SSSR count). The van der Waals surface area contributed by atoms with Crippen molar-refractivity contribution in [2.45, 2.75) is 34.2 Å². The molecule has 0 saturated heterocycles. The number of nitrogens with one attached hydrogen (secondary N) is 1. The van der Waals surface area contributed by atoms with Gasteiger partial charge in [-0.3, -0.25) is 9.59 Å². The van der Waals surface area contributed by atoms with Crippen LogP contribution in [0.5, 0.6) is 0 Å². The highest BCUT2D eigenvalue weighted by Gasteiger charge is 2.22. The van der Waals surface area contributed by atoms with E-state index in [9.17, 15) is 9.59 Å². The van der Waals surface area contributed by atoms with Gasteiger partial charge in [-0.05, 0) is 72.4 Å². The van der Waals surface area contributed by atoms with Gasteiger partial charge < -0.3 is 9.88 Å². The van der Waals surface area contributed by atoms with Gasteiger partial charge >= 0.3 is 0 Å². The number of nitrogens with zero attached hydrogens (tertiary/aromatic N) is 1. The van der Waals surface area contributed by atoms with Crippen LogP contribution >= 0.6 is 27.5 Å². The second-order valence-corrected chi connectivity index (χ2v) is 8.36. The van der Waals surface area contributed by atoms with Crippen molar-refractivity contribution < 1.29 is 4.79 Å². The lowest BCUT2D eigenvalue weighted by Gasteiger charge is -2.20. The van der Waals surface area contributed by atoms with Crippen LogP contribution in [-0.2, 0) is 6.54 Å². The average Bonchev–Trinajstić information content (AvgIpc) is 2.67. The quantitative estimate of drug-likeness (QED) is 0.521. The van der Waals surface area contributed by atoms with E-state index < -0.39 is 5.91 Å². The molecule has 0 aliphatic rings. The van der Waals surface area contributed by atoms with Gasteiger partial charge in [-0.1, -0.05) is 41.9 Å². The van der Waals surface area contributed by atoms with Gasteiger partial charge in [0, 0.05) is 28.6 Å². The second kappa shape index (κ2) is 8.56. The predicted molar refractivity (Wildman–Crippen MR) is 122 cm³/mol. The molecule has 1 amide bonds. The van der Waals surface area contributed by atoms with Gasteiger partial charge in [0.15, 0.2) is 0 Å². The van der Waals surface area contributed by atoms with E-state index in [1.165, 1.54) is 0 Å². The number of aryl methyl sites for hydroxylation is 2. The molecule has 29 heavy (non-hydrogen) atoms. The van der Waals surface area contributed by atoms with Crippen LogP contribution in [0.4, 0.5) is 5.69 Å².